The average Bonchev–Trinajstić information content (AvgIpc) is 3.01. The monoisotopic (exact) mass is 306 g/mol. The molecule has 1 aliphatic heterocycles. The van der Waals surface area contributed by atoms with Gasteiger partial charge >= 0.3 is 0 Å². The minimum Gasteiger partial charge on any atom is -0.392 e. The van der Waals surface area contributed by atoms with Crippen LogP contribution in [0.1, 0.15) is 6.23 Å². The van der Waals surface area contributed by atoms with Crippen LogP contribution in [0.15, 0.2) is 6.33 Å². The van der Waals surface area contributed by atoms with E-state index in [4.69, 9.17) is 22.6 Å². The first-order valence-corrected chi connectivity index (χ1v) is 6.31. The van der Waals surface area contributed by atoms with Crippen molar-refractivity contribution < 1.29 is 20.1 Å². The van der Waals surface area contributed by atoms with Crippen molar-refractivity contribution in [1.29, 1.82) is 0 Å². The van der Waals surface area contributed by atoms with E-state index in [2.05, 4.69) is 20.9 Å². The molecule has 3 heterocycles. The van der Waals surface area contributed by atoms with Gasteiger partial charge in [0.05, 0.1) is 12.9 Å². The summed E-state index contributed by atoms with van der Waals surface area (Å²) in [7, 11) is 0. The number of nitrogen functional groups attached to an aromatic ring is 2. The molecule has 10 nitrogen and oxygen atoms in total. The van der Waals surface area contributed by atoms with Gasteiger partial charge < -0.3 is 31.5 Å². The predicted octanol–water partition coefficient (Wildman–Crippen LogP) is -2.39. The molecule has 0 spiro atoms. The molecule has 0 amide bonds. The van der Waals surface area contributed by atoms with E-state index in [1.54, 1.807) is 0 Å². The highest BCUT2D eigenvalue weighted by atomic mass is 16.6. The molecule has 116 valence electrons. The van der Waals surface area contributed by atoms with Crippen LogP contribution >= 0.6 is 0 Å². The Kier molecular flexibility index (Phi) is 3.15. The first kappa shape index (κ1) is 14.5. The number of hydrogen-bond donors (Lipinski definition) is 5. The second-order valence-corrected chi connectivity index (χ2v) is 4.93. The van der Waals surface area contributed by atoms with Crippen LogP contribution in [0.2, 0.25) is 0 Å². The number of fused-ring (bicyclic) bond motifs is 1. The van der Waals surface area contributed by atoms with Crippen molar-refractivity contribution in [2.45, 2.75) is 24.0 Å². The van der Waals surface area contributed by atoms with Crippen LogP contribution < -0.4 is 11.5 Å². The maximum atomic E-state index is 10.2. The van der Waals surface area contributed by atoms with Crippen LogP contribution in [0.3, 0.4) is 0 Å². The van der Waals surface area contributed by atoms with E-state index in [0.717, 1.165) is 0 Å². The number of hydrogen-bond acceptors (Lipinski definition) is 9. The number of anilines is 2. The summed E-state index contributed by atoms with van der Waals surface area (Å²) in [4.78, 5) is 11.8. The molecule has 3 rings (SSSR count). The second kappa shape index (κ2) is 4.79. The molecule has 1 unspecified atom stereocenters. The number of ether oxygens (including phenoxy) is 1. The van der Waals surface area contributed by atoms with Crippen LogP contribution in [-0.4, -0.2) is 59.3 Å². The fraction of sp³-hybridized carbons (Fsp3) is 0.417. The molecule has 10 heteroatoms. The van der Waals surface area contributed by atoms with Crippen LogP contribution in [0.4, 0.5) is 11.8 Å². The normalized spacial score (nSPS) is 31.5. The van der Waals surface area contributed by atoms with Crippen molar-refractivity contribution in [2.24, 2.45) is 0 Å². The summed E-state index contributed by atoms with van der Waals surface area (Å²) < 4.78 is 6.82. The van der Waals surface area contributed by atoms with Gasteiger partial charge in [-0.15, -0.1) is 6.42 Å². The van der Waals surface area contributed by atoms with Crippen molar-refractivity contribution in [1.82, 2.24) is 19.5 Å². The molecule has 1 aliphatic rings. The first-order chi connectivity index (χ1) is 10.4. The van der Waals surface area contributed by atoms with Gasteiger partial charge in [0.25, 0.3) is 0 Å². The quantitative estimate of drug-likeness (QED) is 0.380. The highest BCUT2D eigenvalue weighted by molar-refractivity contribution is 5.82. The number of aliphatic hydroxyl groups excluding tert-OH is 3. The Bertz CT molecular complexity index is 771. The zero-order valence-electron chi connectivity index (χ0n) is 11.3. The summed E-state index contributed by atoms with van der Waals surface area (Å²) in [6, 6.07) is 0. The Morgan fingerprint density at radius 2 is 2.14 bits per heavy atom. The van der Waals surface area contributed by atoms with Crippen molar-refractivity contribution >= 4 is 22.9 Å². The van der Waals surface area contributed by atoms with Crippen LogP contribution in [0, 0.1) is 12.3 Å². The maximum absolute atomic E-state index is 10.2. The van der Waals surface area contributed by atoms with Crippen molar-refractivity contribution in [3.8, 4) is 12.3 Å². The van der Waals surface area contributed by atoms with Gasteiger partial charge in [-0.3, -0.25) is 4.57 Å². The standard InChI is InChI=1S/C12H14N6O4/c1-2-12(3-19)7(21)6(20)10(22-12)18-4-15-5-8(13)16-11(14)17-9(5)18/h1,4,6-7,10,19-21H,3H2,(H4,13,14,16,17)/t6?,7-,10-,12-/m1/s1. The lowest BCUT2D eigenvalue weighted by atomic mass is 9.97. The Labute approximate surface area is 124 Å². The molecule has 1 fully saturated rings. The van der Waals surface area contributed by atoms with Gasteiger partial charge in [-0.2, -0.15) is 9.97 Å². The summed E-state index contributed by atoms with van der Waals surface area (Å²) in [5.41, 5.74) is 10.0. The first-order valence-electron chi connectivity index (χ1n) is 6.31. The minimum atomic E-state index is -1.72. The molecule has 0 aliphatic carbocycles. The maximum Gasteiger partial charge on any atom is 0.224 e. The largest absolute Gasteiger partial charge is 0.392 e. The Hall–Kier alpha value is -2.45. The molecule has 0 aromatic carbocycles. The van der Waals surface area contributed by atoms with E-state index >= 15 is 0 Å². The fourth-order valence-corrected chi connectivity index (χ4v) is 2.45. The second-order valence-electron chi connectivity index (χ2n) is 4.93. The summed E-state index contributed by atoms with van der Waals surface area (Å²) >= 11 is 0. The summed E-state index contributed by atoms with van der Waals surface area (Å²) in [5, 5.41) is 29.6. The smallest absolute Gasteiger partial charge is 0.224 e. The number of nitrogens with zero attached hydrogens (tertiary/aromatic N) is 4. The van der Waals surface area contributed by atoms with Crippen LogP contribution in [-0.2, 0) is 4.74 Å². The Balaban J connectivity index is 2.11. The van der Waals surface area contributed by atoms with Gasteiger partial charge in [-0.05, 0) is 0 Å². The molecule has 4 atom stereocenters. The lowest BCUT2D eigenvalue weighted by molar-refractivity contribution is -0.0910. The molecule has 1 saturated heterocycles. The van der Waals surface area contributed by atoms with Gasteiger partial charge in [0.2, 0.25) is 5.95 Å². The third-order valence-corrected chi connectivity index (χ3v) is 3.64. The van der Waals surface area contributed by atoms with Crippen molar-refractivity contribution in [3.63, 3.8) is 0 Å². The van der Waals surface area contributed by atoms with Gasteiger partial charge in [-0.25, -0.2) is 4.98 Å². The molecule has 0 saturated carbocycles. The van der Waals surface area contributed by atoms with Gasteiger partial charge in [0.15, 0.2) is 23.3 Å². The molecule has 2 aromatic heterocycles. The van der Waals surface area contributed by atoms with E-state index < -0.39 is 30.6 Å². The highest BCUT2D eigenvalue weighted by Crippen LogP contribution is 2.38. The van der Waals surface area contributed by atoms with E-state index in [1.165, 1.54) is 10.9 Å². The third kappa shape index (κ3) is 1.81. The average molecular weight is 306 g/mol. The fourth-order valence-electron chi connectivity index (χ4n) is 2.45. The van der Waals surface area contributed by atoms with Crippen LogP contribution in [0.25, 0.3) is 11.2 Å². The highest BCUT2D eigenvalue weighted by Gasteiger charge is 2.54. The summed E-state index contributed by atoms with van der Waals surface area (Å²) in [6.45, 7) is -0.663. The zero-order valence-corrected chi connectivity index (χ0v) is 11.3. The van der Waals surface area contributed by atoms with E-state index in [0.29, 0.717) is 0 Å². The van der Waals surface area contributed by atoms with Gasteiger partial charge in [0.1, 0.15) is 17.7 Å². The number of aliphatic hydroxyl groups is 3. The van der Waals surface area contributed by atoms with E-state index in [9.17, 15) is 15.3 Å². The van der Waals surface area contributed by atoms with E-state index in [1.807, 2.05) is 0 Å². The Morgan fingerprint density at radius 3 is 2.73 bits per heavy atom. The topological polar surface area (TPSA) is 166 Å². The molecular formula is C12H14N6O4. The number of nitrogens with two attached hydrogens (primary N) is 2. The lowest BCUT2D eigenvalue weighted by Gasteiger charge is -2.23. The molecule has 2 aromatic rings. The molecule has 0 bridgehead atoms. The van der Waals surface area contributed by atoms with Crippen molar-refractivity contribution in [2.75, 3.05) is 18.1 Å². The number of terminal acetylenes is 1. The van der Waals surface area contributed by atoms with Crippen molar-refractivity contribution in [3.05, 3.63) is 6.33 Å². The molecule has 0 radical (unpaired) electrons. The molecule has 22 heavy (non-hydrogen) atoms. The summed E-state index contributed by atoms with van der Waals surface area (Å²) in [6.07, 6.45) is 2.61. The zero-order chi connectivity index (χ0) is 16.1. The minimum absolute atomic E-state index is 0.0691. The number of rotatable bonds is 2. The van der Waals surface area contributed by atoms with Gasteiger partial charge in [0, 0.05) is 0 Å². The van der Waals surface area contributed by atoms with E-state index in [-0.39, 0.29) is 22.9 Å². The van der Waals surface area contributed by atoms with Crippen LogP contribution in [0.5, 0.6) is 0 Å². The summed E-state index contributed by atoms with van der Waals surface area (Å²) in [5.74, 6) is 2.16. The number of aromatic nitrogens is 4. The molecule has 7 N–H and O–H groups in total. The molecular weight excluding hydrogens is 292 g/mol. The van der Waals surface area contributed by atoms with Gasteiger partial charge in [-0.1, -0.05) is 5.92 Å². The number of imidazole rings is 1. The predicted molar refractivity (Wildman–Crippen MR) is 74.9 cm³/mol. The Morgan fingerprint density at radius 1 is 1.41 bits per heavy atom. The SMILES string of the molecule is C#C[C@]1(CO)O[C@@H](n2cnc3c(N)nc(N)nc32)C(O)[C@H]1O. The lowest BCUT2D eigenvalue weighted by Crippen LogP contribution is -2.44. The third-order valence-electron chi connectivity index (χ3n) is 3.64.